The Bertz CT molecular complexity index is 424. The van der Waals surface area contributed by atoms with Crippen LogP contribution in [-0.4, -0.2) is 41.4 Å². The highest BCUT2D eigenvalue weighted by Crippen LogP contribution is 2.12. The van der Waals surface area contributed by atoms with E-state index >= 15 is 0 Å². The van der Waals surface area contributed by atoms with Crippen LogP contribution in [-0.2, 0) is 19.1 Å². The van der Waals surface area contributed by atoms with Gasteiger partial charge in [0.1, 0.15) is 18.2 Å². The minimum atomic E-state index is -1.12. The van der Waals surface area contributed by atoms with Gasteiger partial charge in [-0.1, -0.05) is 20.3 Å². The molecule has 0 rings (SSSR count). The second kappa shape index (κ2) is 9.07. The molecule has 2 atom stereocenters. The maximum atomic E-state index is 12.0. The van der Waals surface area contributed by atoms with Gasteiger partial charge >= 0.3 is 18.0 Å². The maximum Gasteiger partial charge on any atom is 0.408 e. The monoisotopic (exact) mass is 315 g/mol. The van der Waals surface area contributed by atoms with Crippen LogP contribution < -0.4 is 5.32 Å². The fourth-order valence-electron chi connectivity index (χ4n) is 1.47. The summed E-state index contributed by atoms with van der Waals surface area (Å²) in [6.45, 7) is 8.68. The van der Waals surface area contributed by atoms with Crippen LogP contribution in [0.15, 0.2) is 12.2 Å². The molecule has 7 heteroatoms. The van der Waals surface area contributed by atoms with Crippen molar-refractivity contribution in [1.29, 1.82) is 0 Å². The maximum absolute atomic E-state index is 12.0. The number of amides is 1. The van der Waals surface area contributed by atoms with Crippen LogP contribution in [0, 0.1) is 5.92 Å². The van der Waals surface area contributed by atoms with E-state index < -0.39 is 29.7 Å². The van der Waals surface area contributed by atoms with Crippen LogP contribution in [0.2, 0.25) is 0 Å². The van der Waals surface area contributed by atoms with Crippen molar-refractivity contribution in [3.63, 3.8) is 0 Å². The average Bonchev–Trinajstić information content (AvgIpc) is 2.37. The third kappa shape index (κ3) is 8.99. The van der Waals surface area contributed by atoms with Crippen LogP contribution >= 0.6 is 0 Å². The molecule has 0 aromatic rings. The van der Waals surface area contributed by atoms with Gasteiger partial charge < -0.3 is 19.9 Å². The van der Waals surface area contributed by atoms with Crippen LogP contribution in [0.1, 0.15) is 41.0 Å². The highest BCUT2D eigenvalue weighted by Gasteiger charge is 2.29. The summed E-state index contributed by atoms with van der Waals surface area (Å²) in [5, 5.41) is 10.9. The standard InChI is InChI=1S/C15H25NO6/c1-6-10(2)12(16-14(20)22-15(3,4)5)13(19)21-9-7-8-11(17)18/h7-8,10,12H,6,9H2,1-5H3,(H,16,20)(H,17,18)/b8-7+/t10-,12-/m0/s1. The number of hydrogen-bond donors (Lipinski definition) is 2. The van der Waals surface area contributed by atoms with Gasteiger partial charge in [0.05, 0.1) is 0 Å². The zero-order chi connectivity index (χ0) is 17.3. The Morgan fingerprint density at radius 1 is 1.27 bits per heavy atom. The van der Waals surface area contributed by atoms with E-state index in [-0.39, 0.29) is 12.5 Å². The Morgan fingerprint density at radius 2 is 1.86 bits per heavy atom. The molecule has 7 nitrogen and oxygen atoms in total. The minimum Gasteiger partial charge on any atom is -0.478 e. The van der Waals surface area contributed by atoms with Crippen LogP contribution in [0.4, 0.5) is 4.79 Å². The lowest BCUT2D eigenvalue weighted by atomic mass is 9.99. The number of carbonyl (C=O) groups is 3. The number of carbonyl (C=O) groups excluding carboxylic acids is 2. The third-order valence-electron chi connectivity index (χ3n) is 2.72. The normalized spacial score (nSPS) is 14.2. The number of alkyl carbamates (subject to hydrolysis) is 1. The molecule has 0 saturated carbocycles. The first kappa shape index (κ1) is 19.9. The van der Waals surface area contributed by atoms with Crippen molar-refractivity contribution in [2.45, 2.75) is 52.7 Å². The Morgan fingerprint density at radius 3 is 2.32 bits per heavy atom. The molecule has 0 saturated heterocycles. The van der Waals surface area contributed by atoms with Gasteiger partial charge in [-0.3, -0.25) is 0 Å². The predicted molar refractivity (Wildman–Crippen MR) is 80.3 cm³/mol. The summed E-state index contributed by atoms with van der Waals surface area (Å²) >= 11 is 0. The summed E-state index contributed by atoms with van der Waals surface area (Å²) in [7, 11) is 0. The van der Waals surface area contributed by atoms with Crippen molar-refractivity contribution in [3.05, 3.63) is 12.2 Å². The molecule has 0 bridgehead atoms. The Balaban J connectivity index is 4.66. The molecule has 0 unspecified atom stereocenters. The molecular weight excluding hydrogens is 290 g/mol. The molecule has 0 spiro atoms. The first-order chi connectivity index (χ1) is 10.1. The highest BCUT2D eigenvalue weighted by molar-refractivity contribution is 5.82. The summed E-state index contributed by atoms with van der Waals surface area (Å²) in [6, 6.07) is -0.849. The number of ether oxygens (including phenoxy) is 2. The molecule has 0 heterocycles. The smallest absolute Gasteiger partial charge is 0.408 e. The lowest BCUT2D eigenvalue weighted by molar-refractivity contribution is -0.146. The largest absolute Gasteiger partial charge is 0.478 e. The van der Waals surface area contributed by atoms with Gasteiger partial charge in [0, 0.05) is 6.08 Å². The van der Waals surface area contributed by atoms with E-state index in [0.29, 0.717) is 6.42 Å². The van der Waals surface area contributed by atoms with Crippen LogP contribution in [0.3, 0.4) is 0 Å². The molecule has 22 heavy (non-hydrogen) atoms. The number of carboxylic acid groups (broad SMARTS) is 1. The van der Waals surface area contributed by atoms with Crippen molar-refractivity contribution in [2.75, 3.05) is 6.61 Å². The number of carboxylic acids is 1. The van der Waals surface area contributed by atoms with Gasteiger partial charge in [-0.05, 0) is 32.8 Å². The fourth-order valence-corrected chi connectivity index (χ4v) is 1.47. The highest BCUT2D eigenvalue weighted by atomic mass is 16.6. The number of rotatable bonds is 7. The number of nitrogens with one attached hydrogen (secondary N) is 1. The van der Waals surface area contributed by atoms with Crippen molar-refractivity contribution >= 4 is 18.0 Å². The molecule has 0 aliphatic heterocycles. The van der Waals surface area contributed by atoms with Crippen molar-refractivity contribution in [2.24, 2.45) is 5.92 Å². The van der Waals surface area contributed by atoms with E-state index in [1.165, 1.54) is 6.08 Å². The van der Waals surface area contributed by atoms with Gasteiger partial charge in [-0.2, -0.15) is 0 Å². The average molecular weight is 315 g/mol. The summed E-state index contributed by atoms with van der Waals surface area (Å²) in [5.41, 5.74) is -0.668. The number of hydrogen-bond acceptors (Lipinski definition) is 5. The summed E-state index contributed by atoms with van der Waals surface area (Å²) < 4.78 is 10.1. The Kier molecular flexibility index (Phi) is 8.22. The molecule has 0 radical (unpaired) electrons. The first-order valence-electron chi connectivity index (χ1n) is 7.12. The van der Waals surface area contributed by atoms with Gasteiger partial charge in [-0.15, -0.1) is 0 Å². The van der Waals surface area contributed by atoms with Gasteiger partial charge in [0.25, 0.3) is 0 Å². The molecule has 2 N–H and O–H groups in total. The molecule has 0 aromatic carbocycles. The lowest BCUT2D eigenvalue weighted by Gasteiger charge is -2.25. The van der Waals surface area contributed by atoms with E-state index in [4.69, 9.17) is 14.6 Å². The topological polar surface area (TPSA) is 102 Å². The second-order valence-electron chi connectivity index (χ2n) is 5.88. The van der Waals surface area contributed by atoms with Crippen molar-refractivity contribution in [1.82, 2.24) is 5.32 Å². The number of aliphatic carboxylic acids is 1. The molecule has 0 aliphatic rings. The molecule has 0 aliphatic carbocycles. The zero-order valence-electron chi connectivity index (χ0n) is 13.7. The molecule has 126 valence electrons. The van der Waals surface area contributed by atoms with E-state index in [9.17, 15) is 14.4 Å². The SMILES string of the molecule is CC[C@H](C)[C@H](NC(=O)OC(C)(C)C)C(=O)OC/C=C/C(=O)O. The first-order valence-corrected chi connectivity index (χ1v) is 7.12. The van der Waals surface area contributed by atoms with Crippen LogP contribution in [0.5, 0.6) is 0 Å². The number of esters is 1. The molecule has 1 amide bonds. The summed E-state index contributed by atoms with van der Waals surface area (Å²) in [4.78, 5) is 34.1. The zero-order valence-corrected chi connectivity index (χ0v) is 13.7. The summed E-state index contributed by atoms with van der Waals surface area (Å²) in [5.74, 6) is -1.90. The predicted octanol–water partition coefficient (Wildman–Crippen LogP) is 2.11. The van der Waals surface area contributed by atoms with Crippen molar-refractivity contribution in [3.8, 4) is 0 Å². The Hall–Kier alpha value is -2.05. The molecule has 0 fully saturated rings. The van der Waals surface area contributed by atoms with E-state index in [1.54, 1.807) is 27.7 Å². The van der Waals surface area contributed by atoms with E-state index in [2.05, 4.69) is 5.32 Å². The molecule has 0 aromatic heterocycles. The molecular formula is C15H25NO6. The van der Waals surface area contributed by atoms with Gasteiger partial charge in [-0.25, -0.2) is 14.4 Å². The van der Waals surface area contributed by atoms with Gasteiger partial charge in [0.2, 0.25) is 0 Å². The van der Waals surface area contributed by atoms with Crippen LogP contribution in [0.25, 0.3) is 0 Å². The second-order valence-corrected chi connectivity index (χ2v) is 5.88. The van der Waals surface area contributed by atoms with E-state index in [0.717, 1.165) is 6.08 Å². The Labute approximate surface area is 130 Å². The minimum absolute atomic E-state index is 0.150. The van der Waals surface area contributed by atoms with E-state index in [1.807, 2.05) is 6.92 Å². The van der Waals surface area contributed by atoms with Gasteiger partial charge in [0.15, 0.2) is 0 Å². The van der Waals surface area contributed by atoms with Crippen molar-refractivity contribution < 1.29 is 29.0 Å². The summed E-state index contributed by atoms with van der Waals surface area (Å²) in [6.07, 6.45) is 2.05. The lowest BCUT2D eigenvalue weighted by Crippen LogP contribution is -2.47. The quantitative estimate of drug-likeness (QED) is 0.551. The fraction of sp³-hybridized carbons (Fsp3) is 0.667. The third-order valence-corrected chi connectivity index (χ3v) is 2.72.